The summed E-state index contributed by atoms with van der Waals surface area (Å²) in [5.74, 6) is 0.995. The Bertz CT molecular complexity index is 805. The van der Waals surface area contributed by atoms with Crippen molar-refractivity contribution in [3.05, 3.63) is 46.4 Å². The lowest BCUT2D eigenvalue weighted by atomic mass is 10.1. The van der Waals surface area contributed by atoms with E-state index in [2.05, 4.69) is 58.6 Å². The Balaban J connectivity index is 2.30. The average Bonchev–Trinajstić information content (AvgIpc) is 2.80. The average molecular weight is 344 g/mol. The van der Waals surface area contributed by atoms with Gasteiger partial charge < -0.3 is 10.3 Å². The predicted octanol–water partition coefficient (Wildman–Crippen LogP) is 4.77. The summed E-state index contributed by atoms with van der Waals surface area (Å²) in [6.45, 7) is 5.18. The van der Waals surface area contributed by atoms with E-state index < -0.39 is 0 Å². The molecule has 0 atom stereocenters. The molecule has 0 bridgehead atoms. The van der Waals surface area contributed by atoms with E-state index in [0.29, 0.717) is 0 Å². The van der Waals surface area contributed by atoms with Gasteiger partial charge in [-0.2, -0.15) is 0 Å². The van der Waals surface area contributed by atoms with Crippen LogP contribution in [0, 0.1) is 6.92 Å². The van der Waals surface area contributed by atoms with Gasteiger partial charge in [-0.3, -0.25) is 0 Å². The van der Waals surface area contributed by atoms with Crippen LogP contribution in [0.2, 0.25) is 0 Å². The molecule has 3 rings (SSSR count). The zero-order valence-electron chi connectivity index (χ0n) is 12.2. The molecule has 4 heteroatoms. The van der Waals surface area contributed by atoms with Crippen LogP contribution in [0.1, 0.15) is 18.9 Å². The van der Waals surface area contributed by atoms with E-state index in [1.54, 1.807) is 0 Å². The summed E-state index contributed by atoms with van der Waals surface area (Å²) in [4.78, 5) is 4.84. The smallest absolute Gasteiger partial charge is 0.141 e. The number of anilines is 1. The maximum absolute atomic E-state index is 6.06. The van der Waals surface area contributed by atoms with Gasteiger partial charge in [0.1, 0.15) is 5.82 Å². The number of aromatic nitrogens is 2. The molecule has 0 aliphatic rings. The van der Waals surface area contributed by atoms with Gasteiger partial charge in [-0.1, -0.05) is 35.0 Å². The molecule has 2 N–H and O–H groups in total. The molecule has 0 fully saturated rings. The Hall–Kier alpha value is -1.81. The molecule has 0 spiro atoms. The van der Waals surface area contributed by atoms with Crippen LogP contribution in [-0.2, 0) is 6.54 Å². The van der Waals surface area contributed by atoms with E-state index >= 15 is 0 Å². The second-order valence-corrected chi connectivity index (χ2v) is 6.16. The van der Waals surface area contributed by atoms with E-state index in [1.807, 2.05) is 12.1 Å². The third kappa shape index (κ3) is 2.44. The number of benzene rings is 2. The van der Waals surface area contributed by atoms with Gasteiger partial charge in [-0.05, 0) is 43.2 Å². The van der Waals surface area contributed by atoms with Crippen molar-refractivity contribution in [3.63, 3.8) is 0 Å². The maximum Gasteiger partial charge on any atom is 0.141 e. The van der Waals surface area contributed by atoms with Crippen LogP contribution >= 0.6 is 15.9 Å². The minimum absolute atomic E-state index is 0.809. The number of fused-ring (bicyclic) bond motifs is 1. The molecule has 0 saturated heterocycles. The van der Waals surface area contributed by atoms with E-state index in [4.69, 9.17) is 10.7 Å². The van der Waals surface area contributed by atoms with Crippen molar-refractivity contribution in [2.24, 2.45) is 0 Å². The highest BCUT2D eigenvalue weighted by atomic mass is 79.9. The van der Waals surface area contributed by atoms with Crippen LogP contribution in [0.5, 0.6) is 0 Å². The number of nitrogens with two attached hydrogens (primary N) is 1. The van der Waals surface area contributed by atoms with Crippen molar-refractivity contribution in [3.8, 4) is 11.4 Å². The molecule has 0 saturated carbocycles. The van der Waals surface area contributed by atoms with E-state index in [0.717, 1.165) is 51.1 Å². The number of rotatable bonds is 3. The molecule has 1 aromatic heterocycles. The van der Waals surface area contributed by atoms with Gasteiger partial charge in [-0.15, -0.1) is 0 Å². The number of hydrogen-bond acceptors (Lipinski definition) is 2. The molecule has 1 heterocycles. The monoisotopic (exact) mass is 343 g/mol. The molecule has 108 valence electrons. The molecule has 2 aromatic carbocycles. The van der Waals surface area contributed by atoms with Crippen LogP contribution in [0.15, 0.2) is 40.9 Å². The second kappa shape index (κ2) is 5.53. The fourth-order valence-corrected chi connectivity index (χ4v) is 3.00. The van der Waals surface area contributed by atoms with E-state index in [1.165, 1.54) is 0 Å². The van der Waals surface area contributed by atoms with E-state index in [9.17, 15) is 0 Å². The first-order valence-corrected chi connectivity index (χ1v) is 7.92. The minimum Gasteiger partial charge on any atom is -0.398 e. The summed E-state index contributed by atoms with van der Waals surface area (Å²) in [6, 6.07) is 12.3. The highest BCUT2D eigenvalue weighted by Gasteiger charge is 2.14. The van der Waals surface area contributed by atoms with Crippen molar-refractivity contribution in [2.45, 2.75) is 26.8 Å². The van der Waals surface area contributed by atoms with Gasteiger partial charge in [0.15, 0.2) is 0 Å². The first-order valence-electron chi connectivity index (χ1n) is 7.13. The third-order valence-electron chi connectivity index (χ3n) is 3.77. The lowest BCUT2D eigenvalue weighted by Crippen LogP contribution is -2.02. The topological polar surface area (TPSA) is 43.8 Å². The Morgan fingerprint density at radius 1 is 1.24 bits per heavy atom. The molecular weight excluding hydrogens is 326 g/mol. The standard InChI is InChI=1S/C17H18BrN3/c1-3-9-21-16-8-7-12(18)10-15(16)20-17(21)13-5-4-6-14(19)11(13)2/h4-8,10H,3,9,19H2,1-2H3. The fraction of sp³-hybridized carbons (Fsp3) is 0.235. The lowest BCUT2D eigenvalue weighted by Gasteiger charge is -2.11. The highest BCUT2D eigenvalue weighted by molar-refractivity contribution is 9.10. The van der Waals surface area contributed by atoms with Crippen molar-refractivity contribution in [1.82, 2.24) is 9.55 Å². The largest absolute Gasteiger partial charge is 0.398 e. The van der Waals surface area contributed by atoms with Crippen molar-refractivity contribution >= 4 is 32.7 Å². The van der Waals surface area contributed by atoms with Crippen molar-refractivity contribution in [1.29, 1.82) is 0 Å². The molecule has 3 nitrogen and oxygen atoms in total. The quantitative estimate of drug-likeness (QED) is 0.696. The number of halogens is 1. The summed E-state index contributed by atoms with van der Waals surface area (Å²) in [5.41, 5.74) is 11.2. The van der Waals surface area contributed by atoms with Gasteiger partial charge in [0.25, 0.3) is 0 Å². The minimum atomic E-state index is 0.809. The van der Waals surface area contributed by atoms with Gasteiger partial charge in [0.05, 0.1) is 11.0 Å². The summed E-state index contributed by atoms with van der Waals surface area (Å²) in [7, 11) is 0. The number of nitrogen functional groups attached to an aromatic ring is 1. The zero-order chi connectivity index (χ0) is 15.0. The van der Waals surface area contributed by atoms with Gasteiger partial charge in [0.2, 0.25) is 0 Å². The second-order valence-electron chi connectivity index (χ2n) is 5.24. The van der Waals surface area contributed by atoms with Crippen molar-refractivity contribution < 1.29 is 0 Å². The summed E-state index contributed by atoms with van der Waals surface area (Å²) in [5, 5.41) is 0. The Labute approximate surface area is 132 Å². The number of imidazole rings is 1. The first kappa shape index (κ1) is 14.1. The molecule has 0 aliphatic carbocycles. The molecule has 21 heavy (non-hydrogen) atoms. The highest BCUT2D eigenvalue weighted by Crippen LogP contribution is 2.31. The molecule has 0 radical (unpaired) electrons. The van der Waals surface area contributed by atoms with E-state index in [-0.39, 0.29) is 0 Å². The molecule has 3 aromatic rings. The number of aryl methyl sites for hydroxylation is 1. The summed E-state index contributed by atoms with van der Waals surface area (Å²) < 4.78 is 3.33. The van der Waals surface area contributed by atoms with Crippen molar-refractivity contribution in [2.75, 3.05) is 5.73 Å². The van der Waals surface area contributed by atoms with Gasteiger partial charge in [0, 0.05) is 22.3 Å². The number of nitrogens with zero attached hydrogens (tertiary/aromatic N) is 2. The fourth-order valence-electron chi connectivity index (χ4n) is 2.65. The lowest BCUT2D eigenvalue weighted by molar-refractivity contribution is 0.704. The SMILES string of the molecule is CCCn1c(-c2cccc(N)c2C)nc2cc(Br)ccc21. The van der Waals surface area contributed by atoms with Crippen LogP contribution in [0.4, 0.5) is 5.69 Å². The van der Waals surface area contributed by atoms with Crippen LogP contribution in [-0.4, -0.2) is 9.55 Å². The van der Waals surface area contributed by atoms with Crippen LogP contribution < -0.4 is 5.73 Å². The maximum atomic E-state index is 6.06. The Morgan fingerprint density at radius 3 is 2.81 bits per heavy atom. The first-order chi connectivity index (χ1) is 10.1. The summed E-state index contributed by atoms with van der Waals surface area (Å²) >= 11 is 3.52. The molecular formula is C17H18BrN3. The molecule has 0 aliphatic heterocycles. The normalized spacial score (nSPS) is 11.2. The van der Waals surface area contributed by atoms with Gasteiger partial charge >= 0.3 is 0 Å². The van der Waals surface area contributed by atoms with Gasteiger partial charge in [-0.25, -0.2) is 4.98 Å². The summed E-state index contributed by atoms with van der Waals surface area (Å²) in [6.07, 6.45) is 1.07. The third-order valence-corrected chi connectivity index (χ3v) is 4.27. The number of hydrogen-bond donors (Lipinski definition) is 1. The molecule has 0 amide bonds. The zero-order valence-corrected chi connectivity index (χ0v) is 13.8. The predicted molar refractivity (Wildman–Crippen MR) is 92.3 cm³/mol. The van der Waals surface area contributed by atoms with Crippen LogP contribution in [0.25, 0.3) is 22.4 Å². The Kier molecular flexibility index (Phi) is 3.72. The Morgan fingerprint density at radius 2 is 2.05 bits per heavy atom. The molecule has 0 unspecified atom stereocenters. The van der Waals surface area contributed by atoms with Crippen LogP contribution in [0.3, 0.4) is 0 Å².